The molecule has 0 bridgehead atoms. The minimum atomic E-state index is -4.34. The molecule has 0 spiro atoms. The Labute approximate surface area is 214 Å². The third kappa shape index (κ3) is 4.92. The van der Waals surface area contributed by atoms with Gasteiger partial charge in [-0.25, -0.2) is 12.8 Å². The maximum Gasteiger partial charge on any atom is 0.286 e. The van der Waals surface area contributed by atoms with Crippen molar-refractivity contribution in [2.45, 2.75) is 43.2 Å². The quantitative estimate of drug-likeness (QED) is 0.521. The van der Waals surface area contributed by atoms with E-state index in [1.54, 1.807) is 17.0 Å². The van der Waals surface area contributed by atoms with Gasteiger partial charge in [-0.3, -0.25) is 9.52 Å². The van der Waals surface area contributed by atoms with Crippen LogP contribution < -0.4 is 10.0 Å². The van der Waals surface area contributed by atoms with Gasteiger partial charge in [0.05, 0.1) is 11.9 Å². The van der Waals surface area contributed by atoms with Crippen molar-refractivity contribution in [3.05, 3.63) is 65.2 Å². The largest absolute Gasteiger partial charge is 0.511 e. The molecule has 1 amide bonds. The summed E-state index contributed by atoms with van der Waals surface area (Å²) >= 11 is 0. The molecule has 0 radical (unpaired) electrons. The SMILES string of the molecule is CS(=O)(=O)Nc1ccc2c(c1)S(=O)(=O)N=C(C1=C(O)[C@H]3CCCC[C@H]3N(Cc3ccc(F)cc3)C1=O)N2. The first kappa shape index (κ1) is 25.2. The average Bonchev–Trinajstić information content (AvgIpc) is 2.82. The molecule has 1 fully saturated rings. The van der Waals surface area contributed by atoms with Crippen LogP contribution in [0.4, 0.5) is 15.8 Å². The van der Waals surface area contributed by atoms with Crippen LogP contribution in [0, 0.1) is 11.7 Å². The number of halogens is 1. The third-order valence-electron chi connectivity index (χ3n) is 6.74. The first-order chi connectivity index (χ1) is 17.4. The lowest BCUT2D eigenvalue weighted by molar-refractivity contribution is -0.133. The predicted octanol–water partition coefficient (Wildman–Crippen LogP) is 3.12. The Hall–Kier alpha value is -3.45. The van der Waals surface area contributed by atoms with Gasteiger partial charge in [-0.15, -0.1) is 4.40 Å². The van der Waals surface area contributed by atoms with Gasteiger partial charge in [-0.1, -0.05) is 25.0 Å². The molecule has 2 heterocycles. The second-order valence-electron chi connectivity index (χ2n) is 9.40. The number of amides is 1. The molecule has 10 nitrogen and oxygen atoms in total. The number of sulfonamides is 2. The number of benzene rings is 2. The monoisotopic (exact) mass is 548 g/mol. The van der Waals surface area contributed by atoms with Crippen molar-refractivity contribution in [1.82, 2.24) is 4.90 Å². The molecule has 196 valence electrons. The molecule has 0 unspecified atom stereocenters. The zero-order valence-electron chi connectivity index (χ0n) is 19.8. The Morgan fingerprint density at radius 3 is 2.57 bits per heavy atom. The van der Waals surface area contributed by atoms with E-state index in [-0.39, 0.29) is 46.0 Å². The highest BCUT2D eigenvalue weighted by Gasteiger charge is 2.45. The molecule has 3 N–H and O–H groups in total. The summed E-state index contributed by atoms with van der Waals surface area (Å²) in [7, 11) is -7.98. The Bertz CT molecular complexity index is 1550. The summed E-state index contributed by atoms with van der Waals surface area (Å²) in [6.45, 7) is 0.161. The van der Waals surface area contributed by atoms with Gasteiger partial charge in [0.15, 0.2) is 5.84 Å². The molecule has 2 aromatic carbocycles. The number of hydrogen-bond donors (Lipinski definition) is 3. The van der Waals surface area contributed by atoms with E-state index in [0.717, 1.165) is 25.2 Å². The van der Waals surface area contributed by atoms with E-state index < -0.39 is 37.7 Å². The number of hydrogen-bond acceptors (Lipinski definition) is 7. The van der Waals surface area contributed by atoms with Crippen LogP contribution >= 0.6 is 0 Å². The number of fused-ring (bicyclic) bond motifs is 2. The van der Waals surface area contributed by atoms with Gasteiger partial charge in [0.25, 0.3) is 15.9 Å². The number of aliphatic hydroxyl groups excluding tert-OH is 1. The highest BCUT2D eigenvalue weighted by atomic mass is 32.2. The van der Waals surface area contributed by atoms with Gasteiger partial charge in [-0.2, -0.15) is 8.42 Å². The molecule has 37 heavy (non-hydrogen) atoms. The molecule has 0 saturated heterocycles. The average molecular weight is 549 g/mol. The molecule has 2 atom stereocenters. The standard InChI is InChI=1S/C24H25FN4O6S2/c1-36(32,33)27-16-10-11-18-20(12-16)37(34,35)28-23(26-18)21-22(30)17-4-2-3-5-19(17)29(24(21)31)13-14-6-8-15(25)9-7-14/h6-12,17,19,27,30H,2-5,13H2,1H3,(H,26,28)/t17-,19+/m0/s1. The molecular formula is C24H25FN4O6S2. The van der Waals surface area contributed by atoms with Crippen LogP contribution in [0.25, 0.3) is 0 Å². The van der Waals surface area contributed by atoms with Gasteiger partial charge >= 0.3 is 0 Å². The lowest BCUT2D eigenvalue weighted by Crippen LogP contribution is -2.52. The highest BCUT2D eigenvalue weighted by Crippen LogP contribution is 2.41. The fraction of sp³-hybridized carbons (Fsp3) is 0.333. The second kappa shape index (κ2) is 9.14. The van der Waals surface area contributed by atoms with E-state index in [9.17, 15) is 31.1 Å². The van der Waals surface area contributed by atoms with Gasteiger partial charge in [-0.05, 0) is 48.7 Å². The van der Waals surface area contributed by atoms with Crippen molar-refractivity contribution in [3.63, 3.8) is 0 Å². The summed E-state index contributed by atoms with van der Waals surface area (Å²) in [4.78, 5) is 15.1. The lowest BCUT2D eigenvalue weighted by atomic mass is 9.78. The van der Waals surface area contributed by atoms with Crippen LogP contribution in [-0.2, 0) is 31.4 Å². The smallest absolute Gasteiger partial charge is 0.286 e. The molecule has 0 aromatic heterocycles. The predicted molar refractivity (Wildman–Crippen MR) is 136 cm³/mol. The molecule has 5 rings (SSSR count). The second-order valence-corrected chi connectivity index (χ2v) is 12.7. The molecular weight excluding hydrogens is 523 g/mol. The zero-order valence-corrected chi connectivity index (χ0v) is 21.4. The zero-order chi connectivity index (χ0) is 26.5. The first-order valence-corrected chi connectivity index (χ1v) is 15.0. The van der Waals surface area contributed by atoms with E-state index in [1.807, 2.05) is 0 Å². The van der Waals surface area contributed by atoms with Crippen LogP contribution in [0.5, 0.6) is 0 Å². The van der Waals surface area contributed by atoms with Gasteiger partial charge in [0, 0.05) is 24.2 Å². The summed E-state index contributed by atoms with van der Waals surface area (Å²) in [5.74, 6) is -1.87. The maximum absolute atomic E-state index is 13.7. The Morgan fingerprint density at radius 2 is 1.86 bits per heavy atom. The molecule has 13 heteroatoms. The van der Waals surface area contributed by atoms with Crippen molar-refractivity contribution >= 4 is 43.2 Å². The minimum Gasteiger partial charge on any atom is -0.511 e. The first-order valence-electron chi connectivity index (χ1n) is 11.7. The Balaban J connectivity index is 1.54. The normalized spacial score (nSPS) is 23.0. The minimum absolute atomic E-state index is 0.0385. The summed E-state index contributed by atoms with van der Waals surface area (Å²) in [5.41, 5.74) is 0.602. The number of nitrogens with one attached hydrogen (secondary N) is 2. The number of amidine groups is 1. The summed E-state index contributed by atoms with van der Waals surface area (Å²) in [6.07, 6.45) is 3.95. The van der Waals surface area contributed by atoms with Crippen LogP contribution in [0.2, 0.25) is 0 Å². The van der Waals surface area contributed by atoms with Crippen LogP contribution in [0.1, 0.15) is 31.2 Å². The van der Waals surface area contributed by atoms with Crippen LogP contribution in [-0.4, -0.2) is 50.9 Å². The maximum atomic E-state index is 13.7. The Morgan fingerprint density at radius 1 is 1.16 bits per heavy atom. The molecule has 1 saturated carbocycles. The molecule has 1 aliphatic carbocycles. The number of rotatable bonds is 5. The van der Waals surface area contributed by atoms with Crippen molar-refractivity contribution in [2.75, 3.05) is 16.3 Å². The van der Waals surface area contributed by atoms with Gasteiger partial charge in [0.1, 0.15) is 22.0 Å². The van der Waals surface area contributed by atoms with Crippen molar-refractivity contribution < 1.29 is 31.1 Å². The summed E-state index contributed by atoms with van der Waals surface area (Å²) in [6, 6.07) is 9.36. The van der Waals surface area contributed by atoms with Gasteiger partial charge < -0.3 is 15.3 Å². The van der Waals surface area contributed by atoms with Crippen molar-refractivity contribution in [3.8, 4) is 0 Å². The van der Waals surface area contributed by atoms with E-state index >= 15 is 0 Å². The van der Waals surface area contributed by atoms with Crippen molar-refractivity contribution in [1.29, 1.82) is 0 Å². The van der Waals surface area contributed by atoms with E-state index in [2.05, 4.69) is 14.4 Å². The number of aliphatic hydroxyl groups is 1. The fourth-order valence-corrected chi connectivity index (χ4v) is 6.84. The van der Waals surface area contributed by atoms with E-state index in [4.69, 9.17) is 0 Å². The molecule has 2 aliphatic heterocycles. The number of carbonyl (C=O) groups excluding carboxylic acids is 1. The molecule has 2 aromatic rings. The van der Waals surface area contributed by atoms with Gasteiger partial charge in [0.2, 0.25) is 10.0 Å². The van der Waals surface area contributed by atoms with E-state index in [0.29, 0.717) is 18.4 Å². The number of nitrogens with zero attached hydrogens (tertiary/aromatic N) is 2. The summed E-state index contributed by atoms with van der Waals surface area (Å²) < 4.78 is 68.7. The number of carbonyl (C=O) groups is 1. The lowest BCUT2D eigenvalue weighted by Gasteiger charge is -2.44. The topological polar surface area (TPSA) is 145 Å². The van der Waals surface area contributed by atoms with Crippen molar-refractivity contribution in [2.24, 2.45) is 10.3 Å². The van der Waals surface area contributed by atoms with E-state index in [1.165, 1.54) is 24.3 Å². The fourth-order valence-electron chi connectivity index (χ4n) is 5.14. The summed E-state index contributed by atoms with van der Waals surface area (Å²) in [5, 5.41) is 14.0. The number of anilines is 2. The third-order valence-corrected chi connectivity index (χ3v) is 8.67. The Kier molecular flexibility index (Phi) is 6.23. The van der Waals surface area contributed by atoms with Crippen LogP contribution in [0.15, 0.2) is 63.1 Å². The van der Waals surface area contributed by atoms with Crippen LogP contribution in [0.3, 0.4) is 0 Å². The highest BCUT2D eigenvalue weighted by molar-refractivity contribution is 7.92. The molecule has 3 aliphatic rings.